The molecule has 0 N–H and O–H groups in total. The second kappa shape index (κ2) is 4.59. The second-order valence-electron chi connectivity index (χ2n) is 2.97. The van der Waals surface area contributed by atoms with Crippen molar-refractivity contribution in [2.45, 2.75) is 23.3 Å². The average molecular weight is 302 g/mol. The Hall–Kier alpha value is -0.460. The van der Waals surface area contributed by atoms with Crippen LogP contribution in [0.5, 0.6) is 0 Å². The SMILES string of the molecule is Cc1cc(C)nc(Sc2nc(Br)cs2)n1. The van der Waals surface area contributed by atoms with Crippen LogP contribution in [-0.2, 0) is 0 Å². The molecule has 78 valence electrons. The van der Waals surface area contributed by atoms with Crippen LogP contribution in [0.25, 0.3) is 0 Å². The van der Waals surface area contributed by atoms with Crippen molar-refractivity contribution in [2.24, 2.45) is 0 Å². The van der Waals surface area contributed by atoms with Gasteiger partial charge in [-0.2, -0.15) is 0 Å². The van der Waals surface area contributed by atoms with E-state index in [-0.39, 0.29) is 0 Å². The highest BCUT2D eigenvalue weighted by Crippen LogP contribution is 2.29. The molecule has 0 aliphatic rings. The van der Waals surface area contributed by atoms with Crippen LogP contribution in [0, 0.1) is 13.8 Å². The molecule has 0 atom stereocenters. The van der Waals surface area contributed by atoms with Crippen molar-refractivity contribution in [1.82, 2.24) is 15.0 Å². The van der Waals surface area contributed by atoms with E-state index in [0.717, 1.165) is 25.5 Å². The summed E-state index contributed by atoms with van der Waals surface area (Å²) in [7, 11) is 0. The summed E-state index contributed by atoms with van der Waals surface area (Å²) in [5, 5.41) is 2.71. The third-order valence-electron chi connectivity index (χ3n) is 1.60. The molecule has 0 saturated heterocycles. The predicted molar refractivity (Wildman–Crippen MR) is 65.4 cm³/mol. The molecule has 2 aromatic rings. The van der Waals surface area contributed by atoms with Crippen molar-refractivity contribution in [3.05, 3.63) is 27.4 Å². The monoisotopic (exact) mass is 301 g/mol. The van der Waals surface area contributed by atoms with Crippen molar-refractivity contribution in [3.8, 4) is 0 Å². The Bertz CT molecular complexity index is 464. The predicted octanol–water partition coefficient (Wildman–Crippen LogP) is 3.46. The fourth-order valence-electron chi connectivity index (χ4n) is 1.10. The lowest BCUT2D eigenvalue weighted by molar-refractivity contribution is 0.901. The van der Waals surface area contributed by atoms with E-state index in [0.29, 0.717) is 0 Å². The van der Waals surface area contributed by atoms with E-state index < -0.39 is 0 Å². The van der Waals surface area contributed by atoms with Crippen molar-refractivity contribution in [1.29, 1.82) is 0 Å². The van der Waals surface area contributed by atoms with Gasteiger partial charge in [0.2, 0.25) is 0 Å². The number of rotatable bonds is 2. The normalized spacial score (nSPS) is 10.6. The average Bonchev–Trinajstić information content (AvgIpc) is 2.49. The third kappa shape index (κ3) is 2.99. The van der Waals surface area contributed by atoms with Gasteiger partial charge < -0.3 is 0 Å². The number of hydrogen-bond acceptors (Lipinski definition) is 5. The first-order chi connectivity index (χ1) is 7.13. The quantitative estimate of drug-likeness (QED) is 0.796. The fraction of sp³-hybridized carbons (Fsp3) is 0.222. The molecule has 2 aromatic heterocycles. The maximum atomic E-state index is 4.34. The zero-order valence-corrected chi connectivity index (χ0v) is 11.4. The summed E-state index contributed by atoms with van der Waals surface area (Å²) in [6, 6.07) is 1.96. The number of thiazole rings is 1. The Balaban J connectivity index is 2.24. The summed E-state index contributed by atoms with van der Waals surface area (Å²) < 4.78 is 1.81. The fourth-order valence-corrected chi connectivity index (χ4v) is 3.44. The molecule has 0 saturated carbocycles. The summed E-state index contributed by atoms with van der Waals surface area (Å²) in [5.74, 6) is 0. The van der Waals surface area contributed by atoms with Crippen molar-refractivity contribution >= 4 is 39.0 Å². The number of nitrogens with zero attached hydrogens (tertiary/aromatic N) is 3. The van der Waals surface area contributed by atoms with Gasteiger partial charge in [-0.25, -0.2) is 15.0 Å². The van der Waals surface area contributed by atoms with E-state index in [1.165, 1.54) is 11.8 Å². The van der Waals surface area contributed by atoms with Gasteiger partial charge in [-0.05, 0) is 47.6 Å². The zero-order valence-electron chi connectivity index (χ0n) is 8.19. The highest BCUT2D eigenvalue weighted by atomic mass is 79.9. The lowest BCUT2D eigenvalue weighted by atomic mass is 10.4. The third-order valence-corrected chi connectivity index (χ3v) is 4.11. The van der Waals surface area contributed by atoms with Crippen LogP contribution in [0.1, 0.15) is 11.4 Å². The smallest absolute Gasteiger partial charge is 0.195 e. The van der Waals surface area contributed by atoms with Gasteiger partial charge in [-0.1, -0.05) is 0 Å². The molecule has 0 aliphatic heterocycles. The molecule has 0 fully saturated rings. The van der Waals surface area contributed by atoms with Gasteiger partial charge in [-0.15, -0.1) is 11.3 Å². The minimum absolute atomic E-state index is 0.759. The lowest BCUT2D eigenvalue weighted by Crippen LogP contribution is -1.92. The summed E-state index contributed by atoms with van der Waals surface area (Å²) in [6.07, 6.45) is 0. The van der Waals surface area contributed by atoms with E-state index in [1.54, 1.807) is 11.3 Å². The minimum Gasteiger partial charge on any atom is -0.228 e. The van der Waals surface area contributed by atoms with Gasteiger partial charge in [0.05, 0.1) is 0 Å². The molecule has 2 rings (SSSR count). The van der Waals surface area contributed by atoms with Gasteiger partial charge in [-0.3, -0.25) is 0 Å². The molecule has 15 heavy (non-hydrogen) atoms. The first-order valence-corrected chi connectivity index (χ1v) is 6.73. The molecule has 0 aliphatic carbocycles. The molecule has 2 heterocycles. The van der Waals surface area contributed by atoms with E-state index in [1.807, 2.05) is 25.3 Å². The van der Waals surface area contributed by atoms with Crippen molar-refractivity contribution in [2.75, 3.05) is 0 Å². The highest BCUT2D eigenvalue weighted by Gasteiger charge is 2.05. The van der Waals surface area contributed by atoms with Crippen LogP contribution in [0.4, 0.5) is 0 Å². The van der Waals surface area contributed by atoms with E-state index in [2.05, 4.69) is 30.9 Å². The van der Waals surface area contributed by atoms with Gasteiger partial charge in [0, 0.05) is 16.8 Å². The van der Waals surface area contributed by atoms with Crippen LogP contribution in [-0.4, -0.2) is 15.0 Å². The van der Waals surface area contributed by atoms with Crippen LogP contribution < -0.4 is 0 Å². The number of aromatic nitrogens is 3. The molecule has 0 radical (unpaired) electrons. The van der Waals surface area contributed by atoms with Gasteiger partial charge >= 0.3 is 0 Å². The van der Waals surface area contributed by atoms with E-state index in [9.17, 15) is 0 Å². The number of halogens is 1. The molecule has 3 nitrogen and oxygen atoms in total. The Morgan fingerprint density at radius 1 is 1.20 bits per heavy atom. The second-order valence-corrected chi connectivity index (χ2v) is 5.86. The first kappa shape index (κ1) is 11.0. The van der Waals surface area contributed by atoms with E-state index >= 15 is 0 Å². The topological polar surface area (TPSA) is 38.7 Å². The van der Waals surface area contributed by atoms with Gasteiger partial charge in [0.25, 0.3) is 0 Å². The zero-order chi connectivity index (χ0) is 10.8. The Labute approximate surface area is 105 Å². The van der Waals surface area contributed by atoms with Crippen LogP contribution >= 0.6 is 39.0 Å². The Morgan fingerprint density at radius 3 is 2.40 bits per heavy atom. The van der Waals surface area contributed by atoms with Gasteiger partial charge in [0.1, 0.15) is 4.60 Å². The Kier molecular flexibility index (Phi) is 3.38. The lowest BCUT2D eigenvalue weighted by Gasteiger charge is -1.99. The summed E-state index contributed by atoms with van der Waals surface area (Å²) >= 11 is 6.39. The van der Waals surface area contributed by atoms with E-state index in [4.69, 9.17) is 0 Å². The summed E-state index contributed by atoms with van der Waals surface area (Å²) in [6.45, 7) is 3.94. The Morgan fingerprint density at radius 2 is 1.87 bits per heavy atom. The summed E-state index contributed by atoms with van der Waals surface area (Å²) in [5.41, 5.74) is 1.97. The number of hydrogen-bond donors (Lipinski definition) is 0. The highest BCUT2D eigenvalue weighted by molar-refractivity contribution is 9.10. The molecule has 6 heteroatoms. The van der Waals surface area contributed by atoms with Crippen molar-refractivity contribution < 1.29 is 0 Å². The first-order valence-electron chi connectivity index (χ1n) is 4.24. The largest absolute Gasteiger partial charge is 0.228 e. The van der Waals surface area contributed by atoms with Crippen molar-refractivity contribution in [3.63, 3.8) is 0 Å². The molecule has 0 bridgehead atoms. The molecule has 0 aromatic carbocycles. The maximum Gasteiger partial charge on any atom is 0.195 e. The van der Waals surface area contributed by atoms with Crippen LogP contribution in [0.3, 0.4) is 0 Å². The molecule has 0 spiro atoms. The number of aryl methyl sites for hydroxylation is 2. The summed E-state index contributed by atoms with van der Waals surface area (Å²) in [4.78, 5) is 13.0. The minimum atomic E-state index is 0.759. The van der Waals surface area contributed by atoms with Crippen LogP contribution in [0.15, 0.2) is 25.5 Å². The maximum absolute atomic E-state index is 4.34. The molecular formula is C9H8BrN3S2. The standard InChI is InChI=1S/C9H8BrN3S2/c1-5-3-6(2)12-8(11-5)15-9-13-7(10)4-14-9/h3-4H,1-2H3. The molecular weight excluding hydrogens is 294 g/mol. The van der Waals surface area contributed by atoms with Crippen LogP contribution in [0.2, 0.25) is 0 Å². The molecule has 0 unspecified atom stereocenters. The molecule has 0 amide bonds. The van der Waals surface area contributed by atoms with Gasteiger partial charge in [0.15, 0.2) is 9.50 Å².